The van der Waals surface area contributed by atoms with Crippen LogP contribution in [0, 0.1) is 11.3 Å². The van der Waals surface area contributed by atoms with E-state index in [2.05, 4.69) is 19.2 Å². The first-order valence-corrected chi connectivity index (χ1v) is 5.59. The average molecular weight is 184 g/mol. The number of rotatable bonds is 6. The second kappa shape index (κ2) is 4.97. The third kappa shape index (κ3) is 3.28. The molecule has 0 aromatic carbocycles. The summed E-state index contributed by atoms with van der Waals surface area (Å²) in [6.07, 6.45) is 5.37. The Balaban J connectivity index is 2.04. The number of nitrogens with two attached hydrogens (primary N) is 1. The van der Waals surface area contributed by atoms with E-state index in [9.17, 15) is 0 Å². The highest BCUT2D eigenvalue weighted by atomic mass is 14.9. The van der Waals surface area contributed by atoms with E-state index in [1.165, 1.54) is 25.7 Å². The lowest BCUT2D eigenvalue weighted by molar-refractivity contribution is 0.130. The molecule has 0 spiro atoms. The molecule has 0 amide bonds. The van der Waals surface area contributed by atoms with Crippen molar-refractivity contribution in [2.75, 3.05) is 19.6 Å². The van der Waals surface area contributed by atoms with Crippen LogP contribution in [0.5, 0.6) is 0 Å². The summed E-state index contributed by atoms with van der Waals surface area (Å²) < 4.78 is 0. The predicted octanol–water partition coefficient (Wildman–Crippen LogP) is 1.75. The molecule has 1 rings (SSSR count). The standard InChI is InChI=1S/C11H24N2/c1-10(2)8-13-7-6-11(9-12)4-3-5-11/h10,13H,3-9,12H2,1-2H3. The maximum atomic E-state index is 5.78. The smallest absolute Gasteiger partial charge is 0.00201 e. The molecule has 1 fully saturated rings. The zero-order valence-electron chi connectivity index (χ0n) is 9.10. The monoisotopic (exact) mass is 184 g/mol. The second-order valence-electron chi connectivity index (χ2n) is 4.91. The van der Waals surface area contributed by atoms with Crippen molar-refractivity contribution in [3.63, 3.8) is 0 Å². The van der Waals surface area contributed by atoms with Gasteiger partial charge in [0.05, 0.1) is 0 Å². The Kier molecular flexibility index (Phi) is 4.20. The highest BCUT2D eigenvalue weighted by molar-refractivity contribution is 4.88. The zero-order valence-corrected chi connectivity index (χ0v) is 9.10. The predicted molar refractivity (Wildman–Crippen MR) is 57.7 cm³/mol. The quantitative estimate of drug-likeness (QED) is 0.617. The van der Waals surface area contributed by atoms with Gasteiger partial charge in [-0.15, -0.1) is 0 Å². The third-order valence-corrected chi connectivity index (χ3v) is 3.23. The summed E-state index contributed by atoms with van der Waals surface area (Å²) in [7, 11) is 0. The summed E-state index contributed by atoms with van der Waals surface area (Å²) in [6, 6.07) is 0. The molecule has 78 valence electrons. The first-order chi connectivity index (χ1) is 6.18. The molecule has 3 N–H and O–H groups in total. The molecule has 0 radical (unpaired) electrons. The molecule has 1 saturated carbocycles. The van der Waals surface area contributed by atoms with E-state index in [0.717, 1.165) is 25.6 Å². The lowest BCUT2D eigenvalue weighted by Crippen LogP contribution is -2.40. The molecule has 0 aliphatic heterocycles. The lowest BCUT2D eigenvalue weighted by Gasteiger charge is -2.41. The minimum Gasteiger partial charge on any atom is -0.330 e. The van der Waals surface area contributed by atoms with Crippen LogP contribution in [0.4, 0.5) is 0 Å². The normalized spacial score (nSPS) is 20.3. The highest BCUT2D eigenvalue weighted by Crippen LogP contribution is 2.42. The van der Waals surface area contributed by atoms with Crippen LogP contribution in [-0.4, -0.2) is 19.6 Å². The van der Waals surface area contributed by atoms with Gasteiger partial charge in [-0.3, -0.25) is 0 Å². The van der Waals surface area contributed by atoms with E-state index in [1.807, 2.05) is 0 Å². The molecule has 0 atom stereocenters. The van der Waals surface area contributed by atoms with Crippen LogP contribution in [0.2, 0.25) is 0 Å². The summed E-state index contributed by atoms with van der Waals surface area (Å²) in [5.41, 5.74) is 6.30. The van der Waals surface area contributed by atoms with E-state index < -0.39 is 0 Å². The van der Waals surface area contributed by atoms with Gasteiger partial charge in [0.1, 0.15) is 0 Å². The van der Waals surface area contributed by atoms with Crippen LogP contribution in [-0.2, 0) is 0 Å². The van der Waals surface area contributed by atoms with Crippen LogP contribution < -0.4 is 11.1 Å². The number of hydrogen-bond donors (Lipinski definition) is 2. The van der Waals surface area contributed by atoms with Gasteiger partial charge in [0.2, 0.25) is 0 Å². The maximum absolute atomic E-state index is 5.78. The van der Waals surface area contributed by atoms with Gasteiger partial charge in [-0.25, -0.2) is 0 Å². The number of hydrogen-bond acceptors (Lipinski definition) is 2. The van der Waals surface area contributed by atoms with Crippen molar-refractivity contribution in [3.8, 4) is 0 Å². The first kappa shape index (κ1) is 11.0. The first-order valence-electron chi connectivity index (χ1n) is 5.59. The van der Waals surface area contributed by atoms with Crippen molar-refractivity contribution < 1.29 is 0 Å². The molecule has 0 bridgehead atoms. The average Bonchev–Trinajstić information content (AvgIpc) is 2.01. The molecule has 1 aliphatic carbocycles. The van der Waals surface area contributed by atoms with Crippen molar-refractivity contribution in [3.05, 3.63) is 0 Å². The van der Waals surface area contributed by atoms with E-state index in [-0.39, 0.29) is 0 Å². The largest absolute Gasteiger partial charge is 0.330 e. The fraction of sp³-hybridized carbons (Fsp3) is 1.00. The third-order valence-electron chi connectivity index (χ3n) is 3.23. The van der Waals surface area contributed by atoms with Gasteiger partial charge < -0.3 is 11.1 Å². The van der Waals surface area contributed by atoms with E-state index in [1.54, 1.807) is 0 Å². The molecule has 0 unspecified atom stereocenters. The van der Waals surface area contributed by atoms with Crippen LogP contribution in [0.3, 0.4) is 0 Å². The minimum atomic E-state index is 0.518. The summed E-state index contributed by atoms with van der Waals surface area (Å²) in [5, 5.41) is 3.49. The molecule has 2 nitrogen and oxygen atoms in total. The molecular formula is C11H24N2. The fourth-order valence-electron chi connectivity index (χ4n) is 1.98. The topological polar surface area (TPSA) is 38.0 Å². The molecule has 0 saturated heterocycles. The van der Waals surface area contributed by atoms with E-state index >= 15 is 0 Å². The van der Waals surface area contributed by atoms with Gasteiger partial charge >= 0.3 is 0 Å². The van der Waals surface area contributed by atoms with Crippen molar-refractivity contribution >= 4 is 0 Å². The van der Waals surface area contributed by atoms with Gasteiger partial charge in [0.15, 0.2) is 0 Å². The SMILES string of the molecule is CC(C)CNCCC1(CN)CCC1. The van der Waals surface area contributed by atoms with Crippen LogP contribution in [0.1, 0.15) is 39.5 Å². The molecule has 2 heteroatoms. The van der Waals surface area contributed by atoms with Crippen LogP contribution >= 0.6 is 0 Å². The Morgan fingerprint density at radius 1 is 1.38 bits per heavy atom. The van der Waals surface area contributed by atoms with Crippen molar-refractivity contribution in [2.24, 2.45) is 17.1 Å². The summed E-state index contributed by atoms with van der Waals surface area (Å²) >= 11 is 0. The molecule has 0 heterocycles. The van der Waals surface area contributed by atoms with Crippen molar-refractivity contribution in [2.45, 2.75) is 39.5 Å². The zero-order chi connectivity index (χ0) is 9.73. The molecule has 1 aliphatic rings. The van der Waals surface area contributed by atoms with Gasteiger partial charge in [-0.2, -0.15) is 0 Å². The fourth-order valence-corrected chi connectivity index (χ4v) is 1.98. The van der Waals surface area contributed by atoms with E-state index in [4.69, 9.17) is 5.73 Å². The maximum Gasteiger partial charge on any atom is -0.00201 e. The van der Waals surface area contributed by atoms with Crippen LogP contribution in [0.25, 0.3) is 0 Å². The Morgan fingerprint density at radius 2 is 2.08 bits per heavy atom. The Hall–Kier alpha value is -0.0800. The number of nitrogens with one attached hydrogen (secondary N) is 1. The molecule has 0 aromatic rings. The Labute approximate surface area is 82.3 Å². The Bertz CT molecular complexity index is 134. The minimum absolute atomic E-state index is 0.518. The second-order valence-corrected chi connectivity index (χ2v) is 4.91. The lowest BCUT2D eigenvalue weighted by atomic mass is 9.67. The van der Waals surface area contributed by atoms with Gasteiger partial charge in [0, 0.05) is 0 Å². The summed E-state index contributed by atoms with van der Waals surface area (Å²) in [5.74, 6) is 0.759. The highest BCUT2D eigenvalue weighted by Gasteiger charge is 2.34. The van der Waals surface area contributed by atoms with Crippen LogP contribution in [0.15, 0.2) is 0 Å². The Morgan fingerprint density at radius 3 is 2.46 bits per heavy atom. The van der Waals surface area contributed by atoms with Gasteiger partial charge in [-0.1, -0.05) is 20.3 Å². The summed E-state index contributed by atoms with van der Waals surface area (Å²) in [6.45, 7) is 7.66. The van der Waals surface area contributed by atoms with Gasteiger partial charge in [-0.05, 0) is 50.2 Å². The van der Waals surface area contributed by atoms with Crippen molar-refractivity contribution in [1.29, 1.82) is 0 Å². The molecule has 13 heavy (non-hydrogen) atoms. The molecular weight excluding hydrogens is 160 g/mol. The molecule has 0 aromatic heterocycles. The van der Waals surface area contributed by atoms with E-state index in [0.29, 0.717) is 5.41 Å². The summed E-state index contributed by atoms with van der Waals surface area (Å²) in [4.78, 5) is 0. The van der Waals surface area contributed by atoms with Crippen molar-refractivity contribution in [1.82, 2.24) is 5.32 Å². The van der Waals surface area contributed by atoms with Gasteiger partial charge in [0.25, 0.3) is 0 Å².